The first-order chi connectivity index (χ1) is 12.8. The monoisotopic (exact) mass is 394 g/mol. The van der Waals surface area contributed by atoms with Gasteiger partial charge in [0.1, 0.15) is 5.75 Å². The molecule has 138 valence electrons. The number of nitro benzene ring substituents is 1. The fraction of sp³-hybridized carbons (Fsp3) is 0.0588. The highest BCUT2D eigenvalue weighted by Crippen LogP contribution is 2.29. The van der Waals surface area contributed by atoms with Gasteiger partial charge in [0.15, 0.2) is 17.3 Å². The molecular weight excluding hydrogens is 386 g/mol. The van der Waals surface area contributed by atoms with Gasteiger partial charge in [-0.2, -0.15) is 0 Å². The Morgan fingerprint density at radius 1 is 1.26 bits per heavy atom. The summed E-state index contributed by atoms with van der Waals surface area (Å²) < 4.78 is 36.7. The lowest BCUT2D eigenvalue weighted by molar-refractivity contribution is -0.384. The van der Waals surface area contributed by atoms with E-state index in [0.29, 0.717) is 0 Å². The Bertz CT molecular complexity index is 1040. The van der Waals surface area contributed by atoms with Crippen LogP contribution in [0.25, 0.3) is 6.08 Å². The third kappa shape index (κ3) is 3.63. The van der Waals surface area contributed by atoms with Crippen LogP contribution in [0.15, 0.2) is 41.0 Å². The van der Waals surface area contributed by atoms with Crippen molar-refractivity contribution in [2.75, 3.05) is 7.11 Å². The maximum atomic E-state index is 13.4. The van der Waals surface area contributed by atoms with Crippen molar-refractivity contribution in [1.29, 1.82) is 0 Å². The fourth-order valence-electron chi connectivity index (χ4n) is 2.31. The Hall–Kier alpha value is -3.33. The molecule has 0 aliphatic carbocycles. The van der Waals surface area contributed by atoms with Gasteiger partial charge in [0.05, 0.1) is 22.6 Å². The first kappa shape index (κ1) is 18.5. The third-order valence-electron chi connectivity index (χ3n) is 3.58. The van der Waals surface area contributed by atoms with Crippen LogP contribution in [0.5, 0.6) is 5.75 Å². The summed E-state index contributed by atoms with van der Waals surface area (Å²) in [5, 5.41) is 10.7. The van der Waals surface area contributed by atoms with Crippen LogP contribution in [0.3, 0.4) is 0 Å². The Balaban J connectivity index is 2.06. The highest BCUT2D eigenvalue weighted by atomic mass is 35.5. The summed E-state index contributed by atoms with van der Waals surface area (Å²) in [5.41, 5.74) is -0.343. The van der Waals surface area contributed by atoms with E-state index in [1.165, 1.54) is 31.4 Å². The Kier molecular flexibility index (Phi) is 4.87. The van der Waals surface area contributed by atoms with Gasteiger partial charge >= 0.3 is 5.97 Å². The lowest BCUT2D eigenvalue weighted by Crippen LogP contribution is -2.07. The molecule has 1 aliphatic rings. The maximum absolute atomic E-state index is 13.4. The standard InChI is InChI=1S/C17H9ClF2N2O5/c1-26-15-3-2-9(22(24)25)4-8(15)5-14-17(23)27-16(21-14)10-6-12(19)13(20)7-11(10)18/h2-7H,1H3/b14-5+. The third-order valence-corrected chi connectivity index (χ3v) is 3.89. The van der Waals surface area contributed by atoms with Crippen molar-refractivity contribution in [3.05, 3.63) is 73.9 Å². The van der Waals surface area contributed by atoms with Gasteiger partial charge in [-0.15, -0.1) is 0 Å². The summed E-state index contributed by atoms with van der Waals surface area (Å²) in [6, 6.07) is 5.27. The van der Waals surface area contributed by atoms with Crippen LogP contribution in [-0.2, 0) is 9.53 Å². The van der Waals surface area contributed by atoms with Crippen molar-refractivity contribution >= 4 is 35.2 Å². The van der Waals surface area contributed by atoms with Crippen molar-refractivity contribution in [3.8, 4) is 5.75 Å². The zero-order valence-corrected chi connectivity index (χ0v) is 14.3. The molecule has 0 atom stereocenters. The molecule has 0 unspecified atom stereocenters. The quantitative estimate of drug-likeness (QED) is 0.258. The fourth-order valence-corrected chi connectivity index (χ4v) is 2.54. The minimum absolute atomic E-state index is 0.113. The Labute approximate surface area is 155 Å². The second kappa shape index (κ2) is 7.12. The van der Waals surface area contributed by atoms with E-state index < -0.39 is 22.5 Å². The smallest absolute Gasteiger partial charge is 0.363 e. The highest BCUT2D eigenvalue weighted by Gasteiger charge is 2.27. The van der Waals surface area contributed by atoms with Crippen molar-refractivity contribution in [3.63, 3.8) is 0 Å². The molecule has 0 fully saturated rings. The molecule has 0 N–H and O–H groups in total. The number of cyclic esters (lactones) is 1. The van der Waals surface area contributed by atoms with Gasteiger partial charge in [-0.3, -0.25) is 10.1 Å². The molecule has 0 radical (unpaired) electrons. The Morgan fingerprint density at radius 2 is 1.96 bits per heavy atom. The largest absolute Gasteiger partial charge is 0.496 e. The molecule has 27 heavy (non-hydrogen) atoms. The van der Waals surface area contributed by atoms with Gasteiger partial charge in [-0.1, -0.05) is 11.6 Å². The molecule has 1 heterocycles. The number of carbonyl (C=O) groups excluding carboxylic acids is 1. The van der Waals surface area contributed by atoms with Crippen LogP contribution < -0.4 is 4.74 Å². The van der Waals surface area contributed by atoms with Gasteiger partial charge < -0.3 is 9.47 Å². The molecular formula is C17H9ClF2N2O5. The van der Waals surface area contributed by atoms with Gasteiger partial charge in [-0.05, 0) is 24.3 Å². The first-order valence-corrected chi connectivity index (χ1v) is 7.68. The number of ether oxygens (including phenoxy) is 2. The summed E-state index contributed by atoms with van der Waals surface area (Å²) in [6.07, 6.45) is 1.22. The normalized spacial score (nSPS) is 14.9. The first-order valence-electron chi connectivity index (χ1n) is 7.30. The SMILES string of the molecule is COc1ccc([N+](=O)[O-])cc1/C=C1/N=C(c2cc(F)c(F)cc2Cl)OC1=O. The number of hydrogen-bond donors (Lipinski definition) is 0. The number of hydrogen-bond acceptors (Lipinski definition) is 6. The van der Waals surface area contributed by atoms with E-state index in [1.54, 1.807) is 0 Å². The summed E-state index contributed by atoms with van der Waals surface area (Å²) in [7, 11) is 1.35. The zero-order valence-electron chi connectivity index (χ0n) is 13.5. The number of esters is 1. The van der Waals surface area contributed by atoms with Crippen LogP contribution in [0.2, 0.25) is 5.02 Å². The molecule has 0 amide bonds. The van der Waals surface area contributed by atoms with Gasteiger partial charge in [-0.25, -0.2) is 18.6 Å². The van der Waals surface area contributed by atoms with E-state index in [0.717, 1.165) is 12.1 Å². The molecule has 7 nitrogen and oxygen atoms in total. The highest BCUT2D eigenvalue weighted by molar-refractivity contribution is 6.34. The van der Waals surface area contributed by atoms with Crippen molar-refractivity contribution in [2.45, 2.75) is 0 Å². The average Bonchev–Trinajstić information content (AvgIpc) is 2.98. The summed E-state index contributed by atoms with van der Waals surface area (Å²) >= 11 is 5.85. The molecule has 0 spiro atoms. The molecule has 3 rings (SSSR count). The zero-order chi connectivity index (χ0) is 19.7. The Morgan fingerprint density at radius 3 is 2.63 bits per heavy atom. The van der Waals surface area contributed by atoms with Crippen LogP contribution in [0.1, 0.15) is 11.1 Å². The van der Waals surface area contributed by atoms with Crippen LogP contribution in [-0.4, -0.2) is 23.9 Å². The minimum atomic E-state index is -1.19. The average molecular weight is 395 g/mol. The molecule has 1 aliphatic heterocycles. The van der Waals surface area contributed by atoms with Gasteiger partial charge in [0, 0.05) is 17.7 Å². The lowest BCUT2D eigenvalue weighted by Gasteiger charge is -2.04. The van der Waals surface area contributed by atoms with Crippen molar-refractivity contribution in [1.82, 2.24) is 0 Å². The summed E-state index contributed by atoms with van der Waals surface area (Å²) in [4.78, 5) is 26.3. The molecule has 10 heteroatoms. The molecule has 0 saturated carbocycles. The summed E-state index contributed by atoms with van der Waals surface area (Å²) in [6.45, 7) is 0. The van der Waals surface area contributed by atoms with E-state index >= 15 is 0 Å². The number of halogens is 3. The number of aliphatic imine (C=N–C) groups is 1. The van der Waals surface area contributed by atoms with E-state index in [9.17, 15) is 23.7 Å². The van der Waals surface area contributed by atoms with E-state index in [1.807, 2.05) is 0 Å². The molecule has 0 aromatic heterocycles. The second-order valence-corrected chi connectivity index (χ2v) is 5.67. The van der Waals surface area contributed by atoms with Crippen molar-refractivity contribution < 1.29 is 28.0 Å². The predicted octanol–water partition coefficient (Wildman–Crippen LogP) is 3.88. The number of non-ortho nitro benzene ring substituents is 1. The predicted molar refractivity (Wildman–Crippen MR) is 91.6 cm³/mol. The maximum Gasteiger partial charge on any atom is 0.363 e. The number of benzene rings is 2. The number of nitrogens with zero attached hydrogens (tertiary/aromatic N) is 2. The second-order valence-electron chi connectivity index (χ2n) is 5.27. The number of methoxy groups -OCH3 is 1. The van der Waals surface area contributed by atoms with Gasteiger partial charge in [0.25, 0.3) is 5.69 Å². The summed E-state index contributed by atoms with van der Waals surface area (Å²) in [5.74, 6) is -3.30. The van der Waals surface area contributed by atoms with Crippen LogP contribution in [0.4, 0.5) is 14.5 Å². The lowest BCUT2D eigenvalue weighted by atomic mass is 10.1. The van der Waals surface area contributed by atoms with E-state index in [-0.39, 0.29) is 39.2 Å². The van der Waals surface area contributed by atoms with E-state index in [2.05, 4.69) is 4.99 Å². The molecule has 2 aromatic carbocycles. The van der Waals surface area contributed by atoms with Crippen LogP contribution >= 0.6 is 11.6 Å². The number of carbonyl (C=O) groups is 1. The number of nitro groups is 1. The number of rotatable bonds is 4. The van der Waals surface area contributed by atoms with Crippen LogP contribution in [0, 0.1) is 21.7 Å². The van der Waals surface area contributed by atoms with E-state index in [4.69, 9.17) is 21.1 Å². The molecule has 0 bridgehead atoms. The van der Waals surface area contributed by atoms with Gasteiger partial charge in [0.2, 0.25) is 5.90 Å². The van der Waals surface area contributed by atoms with Crippen molar-refractivity contribution in [2.24, 2.45) is 4.99 Å². The minimum Gasteiger partial charge on any atom is -0.496 e. The topological polar surface area (TPSA) is 91.0 Å². The molecule has 0 saturated heterocycles. The molecule has 2 aromatic rings.